The van der Waals surface area contributed by atoms with E-state index in [4.69, 9.17) is 10.9 Å². The van der Waals surface area contributed by atoms with Crippen LogP contribution in [0.3, 0.4) is 0 Å². The van der Waals surface area contributed by atoms with Gasteiger partial charge in [0.2, 0.25) is 5.91 Å². The Morgan fingerprint density at radius 3 is 2.41 bits per heavy atom. The number of nitrogens with two attached hydrogens (primary N) is 1. The minimum atomic E-state index is -0.735. The minimum absolute atomic E-state index is 0.0334. The molecule has 1 rings (SSSR count). The molecule has 0 aromatic rings. The molecule has 0 aromatic heterocycles. The summed E-state index contributed by atoms with van der Waals surface area (Å²) in [7, 11) is 0. The number of nitrogens with zero attached hydrogens (tertiary/aromatic N) is 1. The second-order valence-corrected chi connectivity index (χ2v) is 5.41. The molecular formula is C12H23N3O2. The van der Waals surface area contributed by atoms with Crippen LogP contribution in [-0.2, 0) is 4.79 Å². The number of oxime groups is 1. The zero-order valence-electron chi connectivity index (χ0n) is 10.9. The van der Waals surface area contributed by atoms with E-state index in [9.17, 15) is 4.79 Å². The summed E-state index contributed by atoms with van der Waals surface area (Å²) in [5, 5.41) is 14.6. The highest BCUT2D eigenvalue weighted by Gasteiger charge is 2.54. The van der Waals surface area contributed by atoms with E-state index in [1.165, 1.54) is 0 Å². The van der Waals surface area contributed by atoms with Gasteiger partial charge < -0.3 is 16.3 Å². The monoisotopic (exact) mass is 241 g/mol. The average Bonchev–Trinajstić information content (AvgIpc) is 3.06. The third kappa shape index (κ3) is 3.35. The van der Waals surface area contributed by atoms with Gasteiger partial charge in [0.15, 0.2) is 5.84 Å². The van der Waals surface area contributed by atoms with Gasteiger partial charge in [-0.3, -0.25) is 4.79 Å². The first kappa shape index (κ1) is 13.8. The number of amides is 1. The van der Waals surface area contributed by atoms with Crippen molar-refractivity contribution >= 4 is 11.7 Å². The Labute approximate surface area is 102 Å². The molecule has 0 bridgehead atoms. The zero-order valence-corrected chi connectivity index (χ0v) is 10.9. The molecule has 5 nitrogen and oxygen atoms in total. The quantitative estimate of drug-likeness (QED) is 0.285. The molecule has 5 heteroatoms. The van der Waals surface area contributed by atoms with Gasteiger partial charge >= 0.3 is 0 Å². The molecule has 1 atom stereocenters. The number of hydrogen-bond acceptors (Lipinski definition) is 3. The van der Waals surface area contributed by atoms with Crippen molar-refractivity contribution in [1.82, 2.24) is 5.32 Å². The fraction of sp³-hybridized carbons (Fsp3) is 0.833. The van der Waals surface area contributed by atoms with Crippen molar-refractivity contribution in [2.45, 2.75) is 52.5 Å². The molecule has 0 aromatic carbocycles. The summed E-state index contributed by atoms with van der Waals surface area (Å²) in [4.78, 5) is 12.0. The Kier molecular flexibility index (Phi) is 4.37. The summed E-state index contributed by atoms with van der Waals surface area (Å²) in [6, 6.07) is 0.133. The number of carbonyl (C=O) groups excluding carboxylic acids is 1. The SMILES string of the molecule is CC(C)CCC(C)NC(=O)C1(C(N)=NO)CC1. The van der Waals surface area contributed by atoms with Gasteiger partial charge in [-0.25, -0.2) is 0 Å². The molecule has 0 spiro atoms. The van der Waals surface area contributed by atoms with Gasteiger partial charge in [0.1, 0.15) is 5.41 Å². The summed E-state index contributed by atoms with van der Waals surface area (Å²) >= 11 is 0. The van der Waals surface area contributed by atoms with Crippen molar-refractivity contribution in [2.75, 3.05) is 0 Å². The molecule has 1 aliphatic rings. The van der Waals surface area contributed by atoms with E-state index in [1.807, 2.05) is 6.92 Å². The standard InChI is InChI=1S/C12H23N3O2/c1-8(2)4-5-9(3)14-11(16)12(6-7-12)10(13)15-17/h8-9,17H,4-7H2,1-3H3,(H2,13,15)(H,14,16). The predicted octanol–water partition coefficient (Wildman–Crippen LogP) is 1.45. The molecule has 0 radical (unpaired) electrons. The molecule has 0 heterocycles. The van der Waals surface area contributed by atoms with Crippen LogP contribution in [0.2, 0.25) is 0 Å². The van der Waals surface area contributed by atoms with Gasteiger partial charge in [0, 0.05) is 6.04 Å². The van der Waals surface area contributed by atoms with Crippen LogP contribution < -0.4 is 11.1 Å². The maximum absolute atomic E-state index is 12.0. The van der Waals surface area contributed by atoms with Crippen molar-refractivity contribution in [3.05, 3.63) is 0 Å². The molecule has 1 fully saturated rings. The summed E-state index contributed by atoms with van der Waals surface area (Å²) < 4.78 is 0. The molecule has 17 heavy (non-hydrogen) atoms. The van der Waals surface area contributed by atoms with Crippen LogP contribution in [0.25, 0.3) is 0 Å². The first-order valence-corrected chi connectivity index (χ1v) is 6.21. The van der Waals surface area contributed by atoms with Crippen LogP contribution in [-0.4, -0.2) is 23.0 Å². The zero-order chi connectivity index (χ0) is 13.1. The van der Waals surface area contributed by atoms with E-state index in [0.29, 0.717) is 18.8 Å². The average molecular weight is 241 g/mol. The lowest BCUT2D eigenvalue weighted by atomic mass is 10.0. The lowest BCUT2D eigenvalue weighted by molar-refractivity contribution is -0.124. The highest BCUT2D eigenvalue weighted by molar-refractivity contribution is 6.09. The number of nitrogens with one attached hydrogen (secondary N) is 1. The van der Waals surface area contributed by atoms with E-state index in [-0.39, 0.29) is 17.8 Å². The summed E-state index contributed by atoms with van der Waals surface area (Å²) in [6.45, 7) is 6.31. The predicted molar refractivity (Wildman–Crippen MR) is 66.8 cm³/mol. The van der Waals surface area contributed by atoms with Crippen LogP contribution in [0.5, 0.6) is 0 Å². The maximum atomic E-state index is 12.0. The minimum Gasteiger partial charge on any atom is -0.409 e. The van der Waals surface area contributed by atoms with Crippen LogP contribution in [0.15, 0.2) is 5.16 Å². The van der Waals surface area contributed by atoms with E-state index >= 15 is 0 Å². The highest BCUT2D eigenvalue weighted by Crippen LogP contribution is 2.46. The first-order valence-electron chi connectivity index (χ1n) is 6.21. The molecule has 98 valence electrons. The molecule has 1 aliphatic carbocycles. The van der Waals surface area contributed by atoms with E-state index in [1.54, 1.807) is 0 Å². The Morgan fingerprint density at radius 1 is 1.41 bits per heavy atom. The van der Waals surface area contributed by atoms with Gasteiger partial charge in [-0.15, -0.1) is 0 Å². The Hall–Kier alpha value is -1.26. The van der Waals surface area contributed by atoms with Gasteiger partial charge in [0.05, 0.1) is 0 Å². The van der Waals surface area contributed by atoms with Gasteiger partial charge in [-0.2, -0.15) is 0 Å². The number of hydrogen-bond donors (Lipinski definition) is 3. The van der Waals surface area contributed by atoms with E-state index < -0.39 is 5.41 Å². The van der Waals surface area contributed by atoms with Crippen LogP contribution in [0.4, 0.5) is 0 Å². The summed E-state index contributed by atoms with van der Waals surface area (Å²) in [6.07, 6.45) is 3.38. The molecule has 1 amide bonds. The molecule has 0 aliphatic heterocycles. The van der Waals surface area contributed by atoms with Gasteiger partial charge in [0.25, 0.3) is 0 Å². The lowest BCUT2D eigenvalue weighted by Crippen LogP contribution is -2.44. The second-order valence-electron chi connectivity index (χ2n) is 5.41. The van der Waals surface area contributed by atoms with Crippen molar-refractivity contribution in [1.29, 1.82) is 0 Å². The van der Waals surface area contributed by atoms with E-state index in [0.717, 1.165) is 12.8 Å². The van der Waals surface area contributed by atoms with Crippen molar-refractivity contribution in [2.24, 2.45) is 22.2 Å². The summed E-state index contributed by atoms with van der Waals surface area (Å²) in [5.74, 6) is 0.559. The van der Waals surface area contributed by atoms with Gasteiger partial charge in [-0.1, -0.05) is 19.0 Å². The van der Waals surface area contributed by atoms with Crippen LogP contribution in [0, 0.1) is 11.3 Å². The lowest BCUT2D eigenvalue weighted by Gasteiger charge is -2.19. The Balaban J connectivity index is 2.44. The summed E-state index contributed by atoms with van der Waals surface area (Å²) in [5.41, 5.74) is 4.82. The van der Waals surface area contributed by atoms with Crippen LogP contribution >= 0.6 is 0 Å². The largest absolute Gasteiger partial charge is 0.409 e. The third-order valence-electron chi connectivity index (χ3n) is 3.34. The highest BCUT2D eigenvalue weighted by atomic mass is 16.4. The number of rotatable bonds is 6. The topological polar surface area (TPSA) is 87.7 Å². The van der Waals surface area contributed by atoms with Gasteiger partial charge in [-0.05, 0) is 38.5 Å². The smallest absolute Gasteiger partial charge is 0.234 e. The Morgan fingerprint density at radius 2 is 2.00 bits per heavy atom. The maximum Gasteiger partial charge on any atom is 0.234 e. The fourth-order valence-electron chi connectivity index (χ4n) is 1.84. The third-order valence-corrected chi connectivity index (χ3v) is 3.34. The molecule has 4 N–H and O–H groups in total. The second kappa shape index (κ2) is 5.38. The number of carbonyl (C=O) groups is 1. The molecular weight excluding hydrogens is 218 g/mol. The Bertz CT molecular complexity index is 309. The van der Waals surface area contributed by atoms with E-state index in [2.05, 4.69) is 24.3 Å². The first-order chi connectivity index (χ1) is 7.92. The molecule has 1 unspecified atom stereocenters. The van der Waals surface area contributed by atoms with Crippen molar-refractivity contribution in [3.63, 3.8) is 0 Å². The van der Waals surface area contributed by atoms with Crippen LogP contribution in [0.1, 0.15) is 46.5 Å². The van der Waals surface area contributed by atoms with Crippen molar-refractivity contribution < 1.29 is 10.0 Å². The fourth-order valence-corrected chi connectivity index (χ4v) is 1.84. The molecule has 0 saturated heterocycles. The number of amidine groups is 1. The normalized spacial score (nSPS) is 20.1. The van der Waals surface area contributed by atoms with Crippen molar-refractivity contribution in [3.8, 4) is 0 Å². The molecule has 1 saturated carbocycles.